The molecule has 0 aromatic heterocycles. The zero-order valence-corrected chi connectivity index (χ0v) is 11.6. The molecule has 3 nitrogen and oxygen atoms in total. The number of nitrogen functional groups attached to an aromatic ring is 1. The number of nitrogens with zero attached hydrogens (tertiary/aromatic N) is 1. The van der Waals surface area contributed by atoms with Gasteiger partial charge < -0.3 is 10.6 Å². The minimum absolute atomic E-state index is 0.0313. The van der Waals surface area contributed by atoms with Gasteiger partial charge in [0.05, 0.1) is 0 Å². The minimum Gasteiger partial charge on any atom is -0.398 e. The van der Waals surface area contributed by atoms with Crippen molar-refractivity contribution in [3.8, 4) is 0 Å². The fourth-order valence-corrected chi connectivity index (χ4v) is 2.67. The fourth-order valence-electron chi connectivity index (χ4n) is 2.67. The molecule has 0 unspecified atom stereocenters. The SMILES string of the molecule is Cc1ccc(C(=O)N2CCCc3ccccc32)cc1N. The van der Waals surface area contributed by atoms with E-state index < -0.39 is 0 Å². The number of benzene rings is 2. The number of nitrogens with two attached hydrogens (primary N) is 1. The van der Waals surface area contributed by atoms with E-state index in [1.165, 1.54) is 5.56 Å². The van der Waals surface area contributed by atoms with Crippen molar-refractivity contribution in [3.63, 3.8) is 0 Å². The first-order chi connectivity index (χ1) is 9.66. The minimum atomic E-state index is 0.0313. The van der Waals surface area contributed by atoms with E-state index in [1.807, 2.05) is 42.2 Å². The van der Waals surface area contributed by atoms with Crippen molar-refractivity contribution >= 4 is 17.3 Å². The molecule has 1 amide bonds. The summed E-state index contributed by atoms with van der Waals surface area (Å²) in [5.74, 6) is 0.0313. The Balaban J connectivity index is 1.97. The van der Waals surface area contributed by atoms with Crippen LogP contribution in [0.5, 0.6) is 0 Å². The Bertz CT molecular complexity index is 664. The maximum absolute atomic E-state index is 12.7. The van der Waals surface area contributed by atoms with E-state index in [0.29, 0.717) is 11.3 Å². The van der Waals surface area contributed by atoms with Gasteiger partial charge in [-0.15, -0.1) is 0 Å². The average Bonchev–Trinajstić information content (AvgIpc) is 2.49. The molecular weight excluding hydrogens is 248 g/mol. The van der Waals surface area contributed by atoms with E-state index in [2.05, 4.69) is 6.07 Å². The van der Waals surface area contributed by atoms with E-state index in [0.717, 1.165) is 30.6 Å². The molecule has 102 valence electrons. The lowest BCUT2D eigenvalue weighted by molar-refractivity contribution is 0.0985. The Labute approximate surface area is 119 Å². The Morgan fingerprint density at radius 2 is 2.00 bits per heavy atom. The second kappa shape index (κ2) is 5.00. The number of fused-ring (bicyclic) bond motifs is 1. The molecule has 3 rings (SSSR count). The molecule has 2 aromatic rings. The molecule has 0 aliphatic carbocycles. The van der Waals surface area contributed by atoms with Crippen LogP contribution in [-0.2, 0) is 6.42 Å². The van der Waals surface area contributed by atoms with Gasteiger partial charge >= 0.3 is 0 Å². The van der Waals surface area contributed by atoms with Gasteiger partial charge in [0, 0.05) is 23.5 Å². The summed E-state index contributed by atoms with van der Waals surface area (Å²) in [6.45, 7) is 2.71. The quantitative estimate of drug-likeness (QED) is 0.806. The molecule has 1 aliphatic heterocycles. The molecule has 1 heterocycles. The van der Waals surface area contributed by atoms with Crippen molar-refractivity contribution in [2.24, 2.45) is 0 Å². The number of amides is 1. The molecule has 0 radical (unpaired) electrons. The number of anilines is 2. The molecule has 20 heavy (non-hydrogen) atoms. The summed E-state index contributed by atoms with van der Waals surface area (Å²) < 4.78 is 0. The van der Waals surface area contributed by atoms with Crippen LogP contribution < -0.4 is 10.6 Å². The first-order valence-electron chi connectivity index (χ1n) is 6.93. The molecule has 1 aliphatic rings. The second-order valence-corrected chi connectivity index (χ2v) is 5.26. The Hall–Kier alpha value is -2.29. The summed E-state index contributed by atoms with van der Waals surface area (Å²) in [5, 5.41) is 0. The van der Waals surface area contributed by atoms with E-state index in [1.54, 1.807) is 6.07 Å². The van der Waals surface area contributed by atoms with Crippen LogP contribution in [0.3, 0.4) is 0 Å². The van der Waals surface area contributed by atoms with Crippen LogP contribution in [0.4, 0.5) is 11.4 Å². The molecule has 2 N–H and O–H groups in total. The first kappa shape index (κ1) is 12.7. The van der Waals surface area contributed by atoms with Crippen molar-refractivity contribution in [3.05, 3.63) is 59.2 Å². The molecule has 3 heteroatoms. The first-order valence-corrected chi connectivity index (χ1v) is 6.93. The van der Waals surface area contributed by atoms with Crippen LogP contribution in [-0.4, -0.2) is 12.5 Å². The lowest BCUT2D eigenvalue weighted by atomic mass is 10.0. The summed E-state index contributed by atoms with van der Waals surface area (Å²) >= 11 is 0. The van der Waals surface area contributed by atoms with Crippen molar-refractivity contribution in [2.45, 2.75) is 19.8 Å². The van der Waals surface area contributed by atoms with E-state index in [-0.39, 0.29) is 5.91 Å². The highest BCUT2D eigenvalue weighted by Gasteiger charge is 2.23. The lowest BCUT2D eigenvalue weighted by Crippen LogP contribution is -2.35. The van der Waals surface area contributed by atoms with Crippen LogP contribution in [0.15, 0.2) is 42.5 Å². The number of para-hydroxylation sites is 1. The van der Waals surface area contributed by atoms with E-state index in [9.17, 15) is 4.79 Å². The number of aryl methyl sites for hydroxylation is 2. The van der Waals surface area contributed by atoms with Crippen LogP contribution >= 0.6 is 0 Å². The number of hydrogen-bond acceptors (Lipinski definition) is 2. The summed E-state index contributed by atoms with van der Waals surface area (Å²) in [5.41, 5.74) is 10.5. The number of carbonyl (C=O) groups excluding carboxylic acids is 1. The Morgan fingerprint density at radius 3 is 2.80 bits per heavy atom. The Kier molecular flexibility index (Phi) is 3.18. The third-order valence-electron chi connectivity index (χ3n) is 3.88. The highest BCUT2D eigenvalue weighted by Crippen LogP contribution is 2.28. The molecular formula is C17H18N2O. The summed E-state index contributed by atoms with van der Waals surface area (Å²) in [6, 6.07) is 13.6. The van der Waals surface area contributed by atoms with Crippen LogP contribution in [0.2, 0.25) is 0 Å². The third-order valence-corrected chi connectivity index (χ3v) is 3.88. The van der Waals surface area contributed by atoms with Gasteiger partial charge in [0.2, 0.25) is 0 Å². The van der Waals surface area contributed by atoms with Crippen molar-refractivity contribution in [2.75, 3.05) is 17.2 Å². The van der Waals surface area contributed by atoms with Crippen molar-refractivity contribution in [1.29, 1.82) is 0 Å². The molecule has 0 saturated carbocycles. The highest BCUT2D eigenvalue weighted by molar-refractivity contribution is 6.07. The van der Waals surface area contributed by atoms with Gasteiger partial charge in [0.1, 0.15) is 0 Å². The monoisotopic (exact) mass is 266 g/mol. The lowest BCUT2D eigenvalue weighted by Gasteiger charge is -2.29. The van der Waals surface area contributed by atoms with Crippen molar-refractivity contribution < 1.29 is 4.79 Å². The van der Waals surface area contributed by atoms with Gasteiger partial charge in [-0.05, 0) is 49.1 Å². The average molecular weight is 266 g/mol. The molecule has 0 atom stereocenters. The van der Waals surface area contributed by atoms with Gasteiger partial charge in [-0.25, -0.2) is 0 Å². The maximum atomic E-state index is 12.7. The van der Waals surface area contributed by atoms with Gasteiger partial charge in [-0.2, -0.15) is 0 Å². The van der Waals surface area contributed by atoms with Gasteiger partial charge in [0.15, 0.2) is 0 Å². The van der Waals surface area contributed by atoms with Gasteiger partial charge in [0.25, 0.3) is 5.91 Å². The maximum Gasteiger partial charge on any atom is 0.258 e. The smallest absolute Gasteiger partial charge is 0.258 e. The number of rotatable bonds is 1. The molecule has 2 aromatic carbocycles. The number of hydrogen-bond donors (Lipinski definition) is 1. The normalized spacial score (nSPS) is 13.9. The molecule has 0 saturated heterocycles. The zero-order chi connectivity index (χ0) is 14.1. The zero-order valence-electron chi connectivity index (χ0n) is 11.6. The topological polar surface area (TPSA) is 46.3 Å². The van der Waals surface area contributed by atoms with Gasteiger partial charge in [-0.3, -0.25) is 4.79 Å². The number of carbonyl (C=O) groups is 1. The second-order valence-electron chi connectivity index (χ2n) is 5.26. The Morgan fingerprint density at radius 1 is 1.20 bits per heavy atom. The van der Waals surface area contributed by atoms with Crippen LogP contribution in [0.25, 0.3) is 0 Å². The predicted octanol–water partition coefficient (Wildman–Crippen LogP) is 3.17. The van der Waals surface area contributed by atoms with E-state index >= 15 is 0 Å². The predicted molar refractivity (Wildman–Crippen MR) is 82.0 cm³/mol. The molecule has 0 spiro atoms. The summed E-state index contributed by atoms with van der Waals surface area (Å²) in [4.78, 5) is 14.6. The van der Waals surface area contributed by atoms with Crippen LogP contribution in [0, 0.1) is 6.92 Å². The highest BCUT2D eigenvalue weighted by atomic mass is 16.2. The van der Waals surface area contributed by atoms with Crippen LogP contribution in [0.1, 0.15) is 27.9 Å². The summed E-state index contributed by atoms with van der Waals surface area (Å²) in [7, 11) is 0. The van der Waals surface area contributed by atoms with E-state index in [4.69, 9.17) is 5.73 Å². The van der Waals surface area contributed by atoms with Gasteiger partial charge in [-0.1, -0.05) is 24.3 Å². The summed E-state index contributed by atoms with van der Waals surface area (Å²) in [6.07, 6.45) is 2.04. The molecule has 0 bridgehead atoms. The standard InChI is InChI=1S/C17H18N2O/c1-12-8-9-14(11-15(12)18)17(20)19-10-4-6-13-5-2-3-7-16(13)19/h2-3,5,7-9,11H,4,6,10,18H2,1H3. The fraction of sp³-hybridized carbons (Fsp3) is 0.235. The van der Waals surface area contributed by atoms with Crippen molar-refractivity contribution in [1.82, 2.24) is 0 Å². The largest absolute Gasteiger partial charge is 0.398 e. The third kappa shape index (κ3) is 2.16. The molecule has 0 fully saturated rings.